The number of ether oxygens (including phenoxy) is 1. The molecular formula is C11H10BrClN4O2. The average Bonchev–Trinajstić information content (AvgIpc) is 2.76. The maximum Gasteiger partial charge on any atom is 0.337 e. The summed E-state index contributed by atoms with van der Waals surface area (Å²) in [6, 6.07) is 5.16. The van der Waals surface area contributed by atoms with Crippen molar-refractivity contribution in [2.24, 2.45) is 0 Å². The number of amides is 1. The van der Waals surface area contributed by atoms with Crippen LogP contribution in [0.25, 0.3) is 0 Å². The molecule has 0 atom stereocenters. The van der Waals surface area contributed by atoms with Crippen LogP contribution in [0.15, 0.2) is 22.7 Å². The molecule has 1 aromatic carbocycles. The monoisotopic (exact) mass is 344 g/mol. The number of hydrogen-bond acceptors (Lipinski definition) is 4. The Labute approximate surface area is 122 Å². The molecule has 0 aliphatic rings. The maximum absolute atomic E-state index is 12.0. The summed E-state index contributed by atoms with van der Waals surface area (Å²) in [5, 5.41) is 9.22. The highest BCUT2D eigenvalue weighted by Gasteiger charge is 2.13. The highest BCUT2D eigenvalue weighted by atomic mass is 79.9. The minimum Gasteiger partial charge on any atom is -0.463 e. The first-order valence-corrected chi connectivity index (χ1v) is 6.59. The van der Waals surface area contributed by atoms with Crippen molar-refractivity contribution in [1.82, 2.24) is 15.2 Å². The lowest BCUT2D eigenvalue weighted by molar-refractivity contribution is 0.102. The van der Waals surface area contributed by atoms with Crippen molar-refractivity contribution in [2.45, 2.75) is 6.92 Å². The zero-order valence-electron chi connectivity index (χ0n) is 9.91. The van der Waals surface area contributed by atoms with Gasteiger partial charge in [-0.25, -0.2) is 5.10 Å². The number of anilines is 1. The number of halogens is 2. The Balaban J connectivity index is 2.11. The minimum absolute atomic E-state index is 0.180. The molecule has 0 fully saturated rings. The molecule has 2 aromatic rings. The lowest BCUT2D eigenvalue weighted by Crippen LogP contribution is -2.13. The lowest BCUT2D eigenvalue weighted by Gasteiger charge is -2.04. The van der Waals surface area contributed by atoms with Crippen molar-refractivity contribution in [1.29, 1.82) is 0 Å². The fraction of sp³-hybridized carbons (Fsp3) is 0.182. The third-order valence-corrected chi connectivity index (χ3v) is 2.95. The quantitative estimate of drug-likeness (QED) is 0.893. The fourth-order valence-corrected chi connectivity index (χ4v) is 2.10. The molecule has 6 nitrogen and oxygen atoms in total. The zero-order chi connectivity index (χ0) is 13.8. The van der Waals surface area contributed by atoms with Crippen LogP contribution in [0.3, 0.4) is 0 Å². The van der Waals surface area contributed by atoms with E-state index in [9.17, 15) is 4.79 Å². The van der Waals surface area contributed by atoms with Gasteiger partial charge in [-0.3, -0.25) is 10.1 Å². The molecule has 0 aliphatic heterocycles. The van der Waals surface area contributed by atoms with E-state index in [1.165, 1.54) is 0 Å². The van der Waals surface area contributed by atoms with Crippen molar-refractivity contribution in [3.05, 3.63) is 33.3 Å². The van der Waals surface area contributed by atoms with Gasteiger partial charge in [0.15, 0.2) is 0 Å². The van der Waals surface area contributed by atoms with E-state index < -0.39 is 0 Å². The van der Waals surface area contributed by atoms with E-state index in [-0.39, 0.29) is 17.9 Å². The Kier molecular flexibility index (Phi) is 4.39. The summed E-state index contributed by atoms with van der Waals surface area (Å²) in [6.45, 7) is 2.26. The first kappa shape index (κ1) is 13.8. The van der Waals surface area contributed by atoms with Gasteiger partial charge in [0.05, 0.1) is 17.2 Å². The van der Waals surface area contributed by atoms with Gasteiger partial charge in [-0.15, -0.1) is 5.10 Å². The van der Waals surface area contributed by atoms with Gasteiger partial charge in [0.25, 0.3) is 5.91 Å². The van der Waals surface area contributed by atoms with Crippen molar-refractivity contribution >= 4 is 39.4 Å². The van der Waals surface area contributed by atoms with E-state index in [4.69, 9.17) is 16.3 Å². The van der Waals surface area contributed by atoms with Crippen LogP contribution in [0, 0.1) is 0 Å². The highest BCUT2D eigenvalue weighted by Crippen LogP contribution is 2.22. The standard InChI is InChI=1S/C11H10BrClN4O2/c1-2-19-11-15-10(16-17-11)14-9(18)7-4-3-6(12)5-8(7)13/h3-5H,2H2,1H3,(H2,14,15,16,17,18). The number of aromatic nitrogens is 3. The largest absolute Gasteiger partial charge is 0.463 e. The molecule has 1 amide bonds. The van der Waals surface area contributed by atoms with Gasteiger partial charge >= 0.3 is 6.01 Å². The van der Waals surface area contributed by atoms with Gasteiger partial charge in [0, 0.05) is 4.47 Å². The molecule has 0 saturated carbocycles. The Morgan fingerprint density at radius 3 is 3.05 bits per heavy atom. The number of nitrogens with one attached hydrogen (secondary N) is 2. The number of benzene rings is 1. The van der Waals surface area contributed by atoms with Crippen LogP contribution in [0.1, 0.15) is 17.3 Å². The second-order valence-electron chi connectivity index (χ2n) is 3.48. The van der Waals surface area contributed by atoms with Crippen LogP contribution in [0.4, 0.5) is 5.95 Å². The Bertz CT molecular complexity index is 602. The minimum atomic E-state index is -0.378. The number of carbonyl (C=O) groups excluding carboxylic acids is 1. The molecule has 0 radical (unpaired) electrons. The number of carbonyl (C=O) groups is 1. The number of H-pyrrole nitrogens is 1. The van der Waals surface area contributed by atoms with E-state index >= 15 is 0 Å². The SMILES string of the molecule is CCOc1n[nH]c(NC(=O)c2ccc(Br)cc2Cl)n1. The van der Waals surface area contributed by atoms with E-state index in [0.717, 1.165) is 4.47 Å². The van der Waals surface area contributed by atoms with Crippen LogP contribution >= 0.6 is 27.5 Å². The smallest absolute Gasteiger partial charge is 0.337 e. The Morgan fingerprint density at radius 1 is 1.58 bits per heavy atom. The first-order chi connectivity index (χ1) is 9.10. The van der Waals surface area contributed by atoms with Gasteiger partial charge in [-0.2, -0.15) is 4.98 Å². The molecule has 8 heteroatoms. The number of hydrogen-bond donors (Lipinski definition) is 2. The zero-order valence-corrected chi connectivity index (χ0v) is 12.2. The summed E-state index contributed by atoms with van der Waals surface area (Å²) in [5.74, 6) is -0.177. The molecule has 19 heavy (non-hydrogen) atoms. The van der Waals surface area contributed by atoms with Crippen LogP contribution < -0.4 is 10.1 Å². The van der Waals surface area contributed by atoms with Gasteiger partial charge in [0.2, 0.25) is 5.95 Å². The van der Waals surface area contributed by atoms with Crippen molar-refractivity contribution in [3.8, 4) is 6.01 Å². The van der Waals surface area contributed by atoms with Crippen LogP contribution in [-0.4, -0.2) is 27.7 Å². The topological polar surface area (TPSA) is 79.9 Å². The van der Waals surface area contributed by atoms with Gasteiger partial charge in [-0.05, 0) is 25.1 Å². The third kappa shape index (κ3) is 3.45. The van der Waals surface area contributed by atoms with E-state index in [1.54, 1.807) is 18.2 Å². The van der Waals surface area contributed by atoms with Crippen molar-refractivity contribution in [3.63, 3.8) is 0 Å². The second-order valence-corrected chi connectivity index (χ2v) is 4.80. The summed E-state index contributed by atoms with van der Waals surface area (Å²) in [7, 11) is 0. The summed E-state index contributed by atoms with van der Waals surface area (Å²) in [5.41, 5.74) is 0.347. The molecule has 100 valence electrons. The van der Waals surface area contributed by atoms with E-state index in [0.29, 0.717) is 17.2 Å². The Hall–Kier alpha value is -1.60. The molecular weight excluding hydrogens is 336 g/mol. The summed E-state index contributed by atoms with van der Waals surface area (Å²) < 4.78 is 5.87. The van der Waals surface area contributed by atoms with Crippen LogP contribution in [-0.2, 0) is 0 Å². The molecule has 2 rings (SSSR count). The summed E-state index contributed by atoms with van der Waals surface area (Å²) in [6.07, 6.45) is 0. The first-order valence-electron chi connectivity index (χ1n) is 5.41. The lowest BCUT2D eigenvalue weighted by atomic mass is 10.2. The maximum atomic E-state index is 12.0. The number of rotatable bonds is 4. The van der Waals surface area contributed by atoms with Crippen LogP contribution in [0.5, 0.6) is 6.01 Å². The number of aromatic amines is 1. The average molecular weight is 346 g/mol. The summed E-state index contributed by atoms with van der Waals surface area (Å²) in [4.78, 5) is 15.9. The third-order valence-electron chi connectivity index (χ3n) is 2.15. The molecule has 0 bridgehead atoms. The second kappa shape index (κ2) is 6.03. The van der Waals surface area contributed by atoms with E-state index in [2.05, 4.69) is 36.4 Å². The van der Waals surface area contributed by atoms with E-state index in [1.807, 2.05) is 6.92 Å². The number of nitrogens with zero attached hydrogens (tertiary/aromatic N) is 2. The molecule has 2 N–H and O–H groups in total. The van der Waals surface area contributed by atoms with Crippen LogP contribution in [0.2, 0.25) is 5.02 Å². The highest BCUT2D eigenvalue weighted by molar-refractivity contribution is 9.10. The van der Waals surface area contributed by atoms with Gasteiger partial charge < -0.3 is 4.74 Å². The fourth-order valence-electron chi connectivity index (χ4n) is 1.34. The molecule has 0 aliphatic carbocycles. The van der Waals surface area contributed by atoms with Gasteiger partial charge in [-0.1, -0.05) is 27.5 Å². The van der Waals surface area contributed by atoms with Crippen molar-refractivity contribution < 1.29 is 9.53 Å². The molecule has 0 saturated heterocycles. The predicted octanol–water partition coefficient (Wildman–Crippen LogP) is 2.87. The molecule has 0 unspecified atom stereocenters. The molecule has 1 aromatic heterocycles. The molecule has 1 heterocycles. The summed E-state index contributed by atoms with van der Waals surface area (Å²) >= 11 is 9.26. The normalized spacial score (nSPS) is 10.3. The Morgan fingerprint density at radius 2 is 2.37 bits per heavy atom. The predicted molar refractivity (Wildman–Crippen MR) is 74.7 cm³/mol. The van der Waals surface area contributed by atoms with Crippen molar-refractivity contribution in [2.75, 3.05) is 11.9 Å². The molecule has 0 spiro atoms. The van der Waals surface area contributed by atoms with Gasteiger partial charge in [0.1, 0.15) is 0 Å².